The van der Waals surface area contributed by atoms with Crippen molar-refractivity contribution in [3.05, 3.63) is 96.1 Å². The summed E-state index contributed by atoms with van der Waals surface area (Å²) in [7, 11) is 0. The molecule has 0 saturated carbocycles. The molecule has 1 unspecified atom stereocenters. The first kappa shape index (κ1) is 32.0. The molecule has 8 nitrogen and oxygen atoms in total. The molecule has 8 heteroatoms. The van der Waals surface area contributed by atoms with Crippen LogP contribution >= 0.6 is 0 Å². The van der Waals surface area contributed by atoms with Gasteiger partial charge in [0.15, 0.2) is 5.96 Å². The van der Waals surface area contributed by atoms with Gasteiger partial charge in [-0.15, -0.1) is 0 Å². The van der Waals surface area contributed by atoms with Crippen molar-refractivity contribution in [2.24, 2.45) is 28.1 Å². The fourth-order valence-electron chi connectivity index (χ4n) is 6.60. The summed E-state index contributed by atoms with van der Waals surface area (Å²) in [4.78, 5) is 36.1. The summed E-state index contributed by atoms with van der Waals surface area (Å²) in [5, 5.41) is 4.56. The van der Waals surface area contributed by atoms with Crippen LogP contribution in [-0.4, -0.2) is 65.3 Å². The average molecular weight is 607 g/mol. The molecule has 236 valence electrons. The lowest BCUT2D eigenvalue weighted by molar-refractivity contribution is -0.148. The second kappa shape index (κ2) is 14.6. The fourth-order valence-corrected chi connectivity index (χ4v) is 6.60. The van der Waals surface area contributed by atoms with Gasteiger partial charge in [0.25, 0.3) is 0 Å². The Bertz CT molecular complexity index is 1660. The van der Waals surface area contributed by atoms with E-state index < -0.39 is 6.04 Å². The van der Waals surface area contributed by atoms with Crippen LogP contribution in [0.4, 0.5) is 0 Å². The van der Waals surface area contributed by atoms with E-state index in [1.54, 1.807) is 0 Å². The topological polar surface area (TPSA) is 131 Å². The van der Waals surface area contributed by atoms with Gasteiger partial charge in [-0.2, -0.15) is 0 Å². The van der Waals surface area contributed by atoms with Crippen molar-refractivity contribution in [3.63, 3.8) is 0 Å². The van der Waals surface area contributed by atoms with E-state index in [9.17, 15) is 9.59 Å². The minimum absolute atomic E-state index is 0.0492. The zero-order valence-corrected chi connectivity index (χ0v) is 26.4. The minimum Gasteiger partial charge on any atom is -0.370 e. The lowest BCUT2D eigenvalue weighted by Crippen LogP contribution is -2.64. The average Bonchev–Trinajstić information content (AvgIpc) is 3.02. The standard InChI is InChI=1S/C37H46N6O2/c1-25(2)18-33-24-43(36(45)34(38)21-26-13-15-28-8-3-5-10-30(28)19-26)32(12-7-17-41-37(39)40)23-42(33)35(44)22-27-14-16-29-9-4-6-11-31(29)20-27/h3-6,8-11,13-16,19-20,25,32-34H,7,12,17-18,21-24,38H2,1-2H3,(H4,39,40,41)/t32?,33-,34+/m1/s1. The van der Waals surface area contributed by atoms with Crippen LogP contribution in [0.5, 0.6) is 0 Å². The van der Waals surface area contributed by atoms with Gasteiger partial charge >= 0.3 is 0 Å². The third-order valence-electron chi connectivity index (χ3n) is 8.79. The van der Waals surface area contributed by atoms with Crippen molar-refractivity contribution < 1.29 is 9.59 Å². The van der Waals surface area contributed by atoms with Crippen molar-refractivity contribution in [2.75, 3.05) is 19.6 Å². The number of carbonyl (C=O) groups is 2. The Labute approximate surface area is 266 Å². The molecule has 4 aromatic rings. The van der Waals surface area contributed by atoms with E-state index in [0.717, 1.165) is 39.1 Å². The Morgan fingerprint density at radius 3 is 2.00 bits per heavy atom. The first-order valence-corrected chi connectivity index (χ1v) is 16.0. The van der Waals surface area contributed by atoms with Crippen LogP contribution in [0.1, 0.15) is 44.2 Å². The molecule has 3 atom stereocenters. The zero-order chi connectivity index (χ0) is 31.9. The number of fused-ring (bicyclic) bond motifs is 2. The highest BCUT2D eigenvalue weighted by molar-refractivity contribution is 5.87. The Hall–Kier alpha value is -4.43. The van der Waals surface area contributed by atoms with Crippen LogP contribution in [-0.2, 0) is 22.4 Å². The highest BCUT2D eigenvalue weighted by Crippen LogP contribution is 2.26. The van der Waals surface area contributed by atoms with Gasteiger partial charge in [-0.3, -0.25) is 14.6 Å². The molecular formula is C37H46N6O2. The molecule has 6 N–H and O–H groups in total. The molecule has 0 aromatic heterocycles. The van der Waals surface area contributed by atoms with E-state index in [2.05, 4.69) is 67.4 Å². The van der Waals surface area contributed by atoms with Crippen molar-refractivity contribution >= 4 is 39.3 Å². The van der Waals surface area contributed by atoms with Crippen LogP contribution in [0.25, 0.3) is 21.5 Å². The lowest BCUT2D eigenvalue weighted by Gasteiger charge is -2.48. The van der Waals surface area contributed by atoms with Crippen LogP contribution < -0.4 is 17.2 Å². The van der Waals surface area contributed by atoms with Crippen LogP contribution in [0.2, 0.25) is 0 Å². The number of hydrogen-bond donors (Lipinski definition) is 3. The molecule has 1 aliphatic rings. The van der Waals surface area contributed by atoms with Crippen LogP contribution in [0, 0.1) is 5.92 Å². The Morgan fingerprint density at radius 1 is 0.800 bits per heavy atom. The Morgan fingerprint density at radius 2 is 1.38 bits per heavy atom. The first-order chi connectivity index (χ1) is 21.7. The Balaban J connectivity index is 1.36. The summed E-state index contributed by atoms with van der Waals surface area (Å²) in [6.07, 6.45) is 2.91. The van der Waals surface area contributed by atoms with E-state index in [-0.39, 0.29) is 29.9 Å². The predicted octanol–water partition coefficient (Wildman–Crippen LogP) is 4.61. The van der Waals surface area contributed by atoms with Gasteiger partial charge in [0.05, 0.1) is 12.5 Å². The summed E-state index contributed by atoms with van der Waals surface area (Å²) < 4.78 is 0. The molecule has 0 radical (unpaired) electrons. The second-order valence-corrected chi connectivity index (χ2v) is 12.8. The molecule has 5 rings (SSSR count). The van der Waals surface area contributed by atoms with Crippen LogP contribution in [0.3, 0.4) is 0 Å². The third-order valence-corrected chi connectivity index (χ3v) is 8.79. The smallest absolute Gasteiger partial charge is 0.240 e. The van der Waals surface area contributed by atoms with Gasteiger partial charge in [0.1, 0.15) is 0 Å². The monoisotopic (exact) mass is 606 g/mol. The Kier molecular flexibility index (Phi) is 10.4. The number of benzene rings is 4. The number of nitrogens with two attached hydrogens (primary N) is 3. The molecule has 0 spiro atoms. The fraction of sp³-hybridized carbons (Fsp3) is 0.378. The number of carbonyl (C=O) groups excluding carboxylic acids is 2. The number of rotatable bonds is 11. The van der Waals surface area contributed by atoms with Gasteiger partial charge in [0, 0.05) is 31.7 Å². The normalized spacial score (nSPS) is 17.5. The molecule has 0 bridgehead atoms. The van der Waals surface area contributed by atoms with E-state index in [1.807, 2.05) is 46.2 Å². The van der Waals surface area contributed by atoms with E-state index >= 15 is 0 Å². The number of piperazine rings is 1. The minimum atomic E-state index is -0.689. The van der Waals surface area contributed by atoms with Crippen molar-refractivity contribution in [1.82, 2.24) is 9.80 Å². The van der Waals surface area contributed by atoms with Gasteiger partial charge in [-0.1, -0.05) is 98.8 Å². The zero-order valence-electron chi connectivity index (χ0n) is 26.4. The molecule has 2 amide bonds. The lowest BCUT2D eigenvalue weighted by atomic mass is 9.93. The molecule has 45 heavy (non-hydrogen) atoms. The van der Waals surface area contributed by atoms with E-state index in [0.29, 0.717) is 51.2 Å². The molecular weight excluding hydrogens is 560 g/mol. The maximum Gasteiger partial charge on any atom is 0.240 e. The highest BCUT2D eigenvalue weighted by Gasteiger charge is 2.39. The second-order valence-electron chi connectivity index (χ2n) is 12.8. The first-order valence-electron chi connectivity index (χ1n) is 16.0. The molecule has 1 aliphatic heterocycles. The largest absolute Gasteiger partial charge is 0.370 e. The highest BCUT2D eigenvalue weighted by atomic mass is 16.2. The molecule has 1 saturated heterocycles. The summed E-state index contributed by atoms with van der Waals surface area (Å²) in [6.45, 7) is 5.69. The van der Waals surface area contributed by atoms with E-state index in [1.165, 1.54) is 0 Å². The summed E-state index contributed by atoms with van der Waals surface area (Å²) in [5.41, 5.74) is 19.8. The third kappa shape index (κ3) is 8.19. The summed E-state index contributed by atoms with van der Waals surface area (Å²) in [6, 6.07) is 27.8. The van der Waals surface area contributed by atoms with Gasteiger partial charge in [-0.25, -0.2) is 0 Å². The number of guanidine groups is 1. The predicted molar refractivity (Wildman–Crippen MR) is 184 cm³/mol. The quantitative estimate of drug-likeness (QED) is 0.130. The summed E-state index contributed by atoms with van der Waals surface area (Å²) in [5.74, 6) is 0.406. The number of nitrogens with zero attached hydrogens (tertiary/aromatic N) is 3. The maximum atomic E-state index is 14.1. The SMILES string of the molecule is CC(C)C[C@@H]1CN(C(=O)[C@@H](N)Cc2ccc3ccccc3c2)C(CCCN=C(N)N)CN1C(=O)Cc1ccc2ccccc2c1. The molecule has 1 fully saturated rings. The van der Waals surface area contributed by atoms with Crippen LogP contribution in [0.15, 0.2) is 89.9 Å². The molecule has 0 aliphatic carbocycles. The van der Waals surface area contributed by atoms with Crippen molar-refractivity contribution in [3.8, 4) is 0 Å². The number of hydrogen-bond acceptors (Lipinski definition) is 4. The van der Waals surface area contributed by atoms with Crippen molar-refractivity contribution in [2.45, 2.75) is 64.1 Å². The summed E-state index contributed by atoms with van der Waals surface area (Å²) >= 11 is 0. The van der Waals surface area contributed by atoms with E-state index in [4.69, 9.17) is 17.2 Å². The maximum absolute atomic E-state index is 14.1. The molecule has 4 aromatic carbocycles. The number of amides is 2. The van der Waals surface area contributed by atoms with Gasteiger partial charge in [0.2, 0.25) is 11.8 Å². The van der Waals surface area contributed by atoms with Crippen molar-refractivity contribution in [1.29, 1.82) is 0 Å². The van der Waals surface area contributed by atoms with Gasteiger partial charge < -0.3 is 27.0 Å². The number of aliphatic imine (C=N–C) groups is 1. The van der Waals surface area contributed by atoms with Gasteiger partial charge in [-0.05, 0) is 64.3 Å². The molecule has 1 heterocycles.